The van der Waals surface area contributed by atoms with Crippen molar-refractivity contribution in [1.29, 1.82) is 0 Å². The lowest BCUT2D eigenvalue weighted by atomic mass is 10.00. The molecule has 1 aromatic rings. The van der Waals surface area contributed by atoms with E-state index in [1.165, 1.54) is 0 Å². The number of halogens is 3. The average molecular weight is 367 g/mol. The number of alkyl halides is 3. The molecule has 24 heavy (non-hydrogen) atoms. The van der Waals surface area contributed by atoms with Crippen molar-refractivity contribution in [2.24, 2.45) is 5.92 Å². The van der Waals surface area contributed by atoms with E-state index >= 15 is 0 Å². The highest BCUT2D eigenvalue weighted by Crippen LogP contribution is 2.34. The Morgan fingerprint density at radius 3 is 2.42 bits per heavy atom. The number of piperidine rings is 1. The molecular weight excluding hydrogens is 347 g/mol. The van der Waals surface area contributed by atoms with Crippen LogP contribution in [0.15, 0.2) is 5.38 Å². The van der Waals surface area contributed by atoms with Crippen molar-refractivity contribution in [3.05, 3.63) is 11.1 Å². The van der Waals surface area contributed by atoms with Crippen molar-refractivity contribution in [2.45, 2.75) is 30.9 Å². The lowest BCUT2D eigenvalue weighted by Gasteiger charge is -2.37. The fourth-order valence-corrected chi connectivity index (χ4v) is 4.15. The van der Waals surface area contributed by atoms with Crippen LogP contribution >= 0.6 is 11.3 Å². The lowest BCUT2D eigenvalue weighted by Crippen LogP contribution is -2.56. The van der Waals surface area contributed by atoms with Gasteiger partial charge in [0.25, 0.3) is 0 Å². The van der Waals surface area contributed by atoms with Crippen LogP contribution in [0.1, 0.15) is 12.1 Å². The van der Waals surface area contributed by atoms with Gasteiger partial charge in [-0.15, -0.1) is 11.3 Å². The molecule has 0 amide bonds. The van der Waals surface area contributed by atoms with Gasteiger partial charge < -0.3 is 20.2 Å². The first-order valence-corrected chi connectivity index (χ1v) is 8.66. The SMILES string of the molecule is O[C@H]1[C@H](O)CN(C[C@@H]2CCN(c3nc(C(F)(F)F)cs3)C2)C[C@@H]1O. The molecule has 10 heteroatoms. The van der Waals surface area contributed by atoms with Crippen molar-refractivity contribution in [3.63, 3.8) is 0 Å². The molecule has 3 rings (SSSR count). The number of aliphatic hydroxyl groups is 3. The van der Waals surface area contributed by atoms with Crippen molar-refractivity contribution in [2.75, 3.05) is 37.6 Å². The highest BCUT2D eigenvalue weighted by molar-refractivity contribution is 7.13. The number of likely N-dealkylation sites (tertiary alicyclic amines) is 1. The highest BCUT2D eigenvalue weighted by Gasteiger charge is 2.37. The fraction of sp³-hybridized carbons (Fsp3) is 0.786. The molecule has 1 aromatic heterocycles. The van der Waals surface area contributed by atoms with E-state index in [-0.39, 0.29) is 19.0 Å². The summed E-state index contributed by atoms with van der Waals surface area (Å²) >= 11 is 0.991. The standard InChI is InChI=1S/C14H20F3N3O3S/c15-14(16,17)11-7-24-13(18-11)20-2-1-8(4-20)3-19-5-9(21)12(23)10(22)6-19/h7-10,12,21-23H,1-6H2/t8-,9-,10+,12+/m0/s1. The molecule has 2 aliphatic rings. The molecule has 0 aromatic carbocycles. The molecule has 136 valence electrons. The summed E-state index contributed by atoms with van der Waals surface area (Å²) in [6, 6.07) is 0. The Labute approximate surface area is 141 Å². The van der Waals surface area contributed by atoms with E-state index in [2.05, 4.69) is 4.98 Å². The van der Waals surface area contributed by atoms with E-state index in [0.29, 0.717) is 24.8 Å². The first kappa shape index (κ1) is 17.9. The second kappa shape index (κ2) is 6.75. The zero-order valence-electron chi connectivity index (χ0n) is 12.9. The Bertz CT molecular complexity index is 559. The Morgan fingerprint density at radius 2 is 1.83 bits per heavy atom. The molecule has 2 saturated heterocycles. The minimum atomic E-state index is -4.42. The van der Waals surface area contributed by atoms with Crippen LogP contribution in [0.2, 0.25) is 0 Å². The summed E-state index contributed by atoms with van der Waals surface area (Å²) in [4.78, 5) is 7.40. The van der Waals surface area contributed by atoms with Gasteiger partial charge in [0.05, 0.1) is 12.2 Å². The minimum Gasteiger partial charge on any atom is -0.389 e. The number of rotatable bonds is 3. The van der Waals surface area contributed by atoms with Gasteiger partial charge in [-0.3, -0.25) is 4.90 Å². The van der Waals surface area contributed by atoms with Crippen molar-refractivity contribution < 1.29 is 28.5 Å². The van der Waals surface area contributed by atoms with Gasteiger partial charge in [-0.05, 0) is 12.3 Å². The summed E-state index contributed by atoms with van der Waals surface area (Å²) in [6.07, 6.45) is -6.71. The van der Waals surface area contributed by atoms with Gasteiger partial charge in [0.15, 0.2) is 10.8 Å². The van der Waals surface area contributed by atoms with Crippen molar-refractivity contribution >= 4 is 16.5 Å². The smallest absolute Gasteiger partial charge is 0.389 e. The Balaban J connectivity index is 1.55. The zero-order valence-corrected chi connectivity index (χ0v) is 13.7. The van der Waals surface area contributed by atoms with E-state index < -0.39 is 30.2 Å². The normalized spacial score (nSPS) is 32.5. The molecule has 0 radical (unpaired) electrons. The second-order valence-electron chi connectivity index (χ2n) is 6.46. The number of hydrogen-bond donors (Lipinski definition) is 3. The quantitative estimate of drug-likeness (QED) is 0.717. The van der Waals surface area contributed by atoms with Gasteiger partial charge >= 0.3 is 6.18 Å². The van der Waals surface area contributed by atoms with E-state index in [4.69, 9.17) is 0 Å². The Hall–Kier alpha value is -0.940. The first-order chi connectivity index (χ1) is 11.2. The molecule has 3 heterocycles. The van der Waals surface area contributed by atoms with Crippen LogP contribution in [0.3, 0.4) is 0 Å². The van der Waals surface area contributed by atoms with Gasteiger partial charge in [0.1, 0.15) is 6.10 Å². The third-order valence-corrected chi connectivity index (χ3v) is 5.44. The zero-order chi connectivity index (χ0) is 17.5. The van der Waals surface area contributed by atoms with E-state index in [1.807, 2.05) is 9.80 Å². The van der Waals surface area contributed by atoms with E-state index in [1.54, 1.807) is 0 Å². The topological polar surface area (TPSA) is 80.1 Å². The Morgan fingerprint density at radius 1 is 1.17 bits per heavy atom. The van der Waals surface area contributed by atoms with Crippen LogP contribution < -0.4 is 4.90 Å². The predicted molar refractivity (Wildman–Crippen MR) is 81.9 cm³/mol. The molecule has 2 fully saturated rings. The molecule has 6 nitrogen and oxygen atoms in total. The van der Waals surface area contributed by atoms with Crippen molar-refractivity contribution in [1.82, 2.24) is 9.88 Å². The van der Waals surface area contributed by atoms with Crippen LogP contribution in [0.25, 0.3) is 0 Å². The largest absolute Gasteiger partial charge is 0.434 e. The third-order valence-electron chi connectivity index (χ3n) is 4.53. The number of β-amino-alcohol motifs (C(OH)–C–C–N with tert-alkyl or cyclic N) is 2. The summed E-state index contributed by atoms with van der Waals surface area (Å²) in [5.74, 6) is 0.220. The fourth-order valence-electron chi connectivity index (χ4n) is 3.29. The first-order valence-electron chi connectivity index (χ1n) is 7.78. The van der Waals surface area contributed by atoms with Crippen LogP contribution in [-0.4, -0.2) is 76.2 Å². The number of thiazole rings is 1. The minimum absolute atomic E-state index is 0.220. The lowest BCUT2D eigenvalue weighted by molar-refractivity contribution is -0.140. The highest BCUT2D eigenvalue weighted by atomic mass is 32.1. The molecule has 2 aliphatic heterocycles. The van der Waals surface area contributed by atoms with Crippen LogP contribution in [-0.2, 0) is 6.18 Å². The van der Waals surface area contributed by atoms with E-state index in [0.717, 1.165) is 23.1 Å². The summed E-state index contributed by atoms with van der Waals surface area (Å²) < 4.78 is 37.9. The monoisotopic (exact) mass is 367 g/mol. The van der Waals surface area contributed by atoms with E-state index in [9.17, 15) is 28.5 Å². The number of aliphatic hydroxyl groups excluding tert-OH is 3. The summed E-state index contributed by atoms with van der Waals surface area (Å²) in [7, 11) is 0. The van der Waals surface area contributed by atoms with Crippen molar-refractivity contribution in [3.8, 4) is 0 Å². The molecule has 0 aliphatic carbocycles. The summed E-state index contributed by atoms with van der Waals surface area (Å²) in [5.41, 5.74) is -0.859. The summed E-state index contributed by atoms with van der Waals surface area (Å²) in [6.45, 7) is 2.41. The Kier molecular flexibility index (Phi) is 5.03. The third kappa shape index (κ3) is 3.83. The van der Waals surface area contributed by atoms with Crippen LogP contribution in [0.4, 0.5) is 18.3 Å². The number of nitrogens with zero attached hydrogens (tertiary/aromatic N) is 3. The molecular formula is C14H20F3N3O3S. The molecule has 3 N–H and O–H groups in total. The maximum absolute atomic E-state index is 12.6. The molecule has 4 atom stereocenters. The molecule has 0 spiro atoms. The van der Waals surface area contributed by atoms with Gasteiger partial charge in [-0.1, -0.05) is 0 Å². The maximum Gasteiger partial charge on any atom is 0.434 e. The van der Waals surface area contributed by atoms with Crippen LogP contribution in [0.5, 0.6) is 0 Å². The van der Waals surface area contributed by atoms with Gasteiger partial charge in [0.2, 0.25) is 0 Å². The van der Waals surface area contributed by atoms with Crippen LogP contribution in [0, 0.1) is 5.92 Å². The predicted octanol–water partition coefficient (Wildman–Crippen LogP) is 0.387. The number of hydrogen-bond acceptors (Lipinski definition) is 7. The summed E-state index contributed by atoms with van der Waals surface area (Å²) in [5, 5.41) is 30.4. The number of aromatic nitrogens is 1. The number of anilines is 1. The molecule has 0 saturated carbocycles. The van der Waals surface area contributed by atoms with Gasteiger partial charge in [0, 0.05) is 38.1 Å². The van der Waals surface area contributed by atoms with Gasteiger partial charge in [-0.25, -0.2) is 4.98 Å². The second-order valence-corrected chi connectivity index (χ2v) is 7.29. The molecule has 0 unspecified atom stereocenters. The average Bonchev–Trinajstić information content (AvgIpc) is 3.12. The molecule has 0 bridgehead atoms. The van der Waals surface area contributed by atoms with Gasteiger partial charge in [-0.2, -0.15) is 13.2 Å². The maximum atomic E-state index is 12.6.